The van der Waals surface area contributed by atoms with Crippen LogP contribution in [-0.2, 0) is 9.59 Å². The number of amidine groups is 1. The number of nitrogens with one attached hydrogen (secondary N) is 1. The van der Waals surface area contributed by atoms with Crippen LogP contribution >= 0.6 is 23.4 Å². The molecule has 1 saturated carbocycles. The summed E-state index contributed by atoms with van der Waals surface area (Å²) in [5, 5.41) is 3.81. The van der Waals surface area contributed by atoms with Gasteiger partial charge in [0.1, 0.15) is 17.2 Å². The van der Waals surface area contributed by atoms with E-state index in [0.717, 1.165) is 24.2 Å². The highest BCUT2D eigenvalue weighted by Gasteiger charge is 2.33. The second kappa shape index (κ2) is 9.67. The van der Waals surface area contributed by atoms with E-state index in [0.29, 0.717) is 21.6 Å². The van der Waals surface area contributed by atoms with Gasteiger partial charge in [0.05, 0.1) is 30.7 Å². The first-order valence-corrected chi connectivity index (χ1v) is 11.4. The average Bonchev–Trinajstić information content (AvgIpc) is 3.56. The van der Waals surface area contributed by atoms with Crippen LogP contribution in [0.15, 0.2) is 53.2 Å². The van der Waals surface area contributed by atoms with Gasteiger partial charge in [-0.3, -0.25) is 14.5 Å². The topological polar surface area (TPSA) is 80.2 Å². The molecule has 0 unspecified atom stereocenters. The number of anilines is 1. The first-order chi connectivity index (χ1) is 15.5. The number of carbonyl (C=O) groups is 2. The first kappa shape index (κ1) is 22.2. The number of rotatable bonds is 7. The molecular formula is C23H22ClN3O4S. The molecule has 9 heteroatoms. The Balaban J connectivity index is 1.62. The molecule has 1 aliphatic carbocycles. The van der Waals surface area contributed by atoms with Gasteiger partial charge in [0.2, 0.25) is 5.91 Å². The van der Waals surface area contributed by atoms with Crippen molar-refractivity contribution in [1.82, 2.24) is 5.32 Å². The summed E-state index contributed by atoms with van der Waals surface area (Å²) in [7, 11) is 3.11. The Bertz CT molecular complexity index is 1100. The fourth-order valence-electron chi connectivity index (χ4n) is 3.09. The van der Waals surface area contributed by atoms with E-state index < -0.39 is 0 Å². The Morgan fingerprint density at radius 3 is 2.62 bits per heavy atom. The van der Waals surface area contributed by atoms with Crippen molar-refractivity contribution in [3.63, 3.8) is 0 Å². The maximum absolute atomic E-state index is 13.3. The molecule has 2 aliphatic rings. The van der Waals surface area contributed by atoms with E-state index in [1.807, 2.05) is 24.3 Å². The second-order valence-electron chi connectivity index (χ2n) is 7.29. The summed E-state index contributed by atoms with van der Waals surface area (Å²) in [5.74, 6) is 0.963. The lowest BCUT2D eigenvalue weighted by atomic mass is 10.2. The smallest absolute Gasteiger partial charge is 0.283 e. The molecule has 2 aromatic rings. The molecule has 1 fully saturated rings. The van der Waals surface area contributed by atoms with Gasteiger partial charge in [-0.15, -0.1) is 0 Å². The largest absolute Gasteiger partial charge is 0.497 e. The molecule has 32 heavy (non-hydrogen) atoms. The van der Waals surface area contributed by atoms with Crippen LogP contribution in [0, 0.1) is 0 Å². The highest BCUT2D eigenvalue weighted by molar-refractivity contribution is 8.14. The van der Waals surface area contributed by atoms with Crippen molar-refractivity contribution < 1.29 is 19.1 Å². The maximum Gasteiger partial charge on any atom is 0.283 e. The third-order valence-electron chi connectivity index (χ3n) is 4.92. The predicted octanol–water partition coefficient (Wildman–Crippen LogP) is 4.11. The number of ether oxygens (including phenoxy) is 2. The first-order valence-electron chi connectivity index (χ1n) is 10.0. The normalized spacial score (nSPS) is 16.8. The number of benzene rings is 2. The third kappa shape index (κ3) is 5.08. The van der Waals surface area contributed by atoms with Gasteiger partial charge in [0.15, 0.2) is 5.17 Å². The Hall–Kier alpha value is -2.97. The molecular weight excluding hydrogens is 450 g/mol. The molecule has 2 aromatic carbocycles. The molecule has 1 N–H and O–H groups in total. The van der Waals surface area contributed by atoms with Crippen molar-refractivity contribution in [3.05, 3.63) is 58.7 Å². The van der Waals surface area contributed by atoms with Crippen LogP contribution in [0.4, 0.5) is 5.69 Å². The Labute approximate surface area is 195 Å². The number of methoxy groups -OCH3 is 2. The monoisotopic (exact) mass is 471 g/mol. The maximum atomic E-state index is 13.3. The quantitative estimate of drug-likeness (QED) is 0.614. The molecule has 0 atom stereocenters. The van der Waals surface area contributed by atoms with Crippen molar-refractivity contribution in [2.75, 3.05) is 24.9 Å². The SMILES string of the molecule is COc1ccc(/C=C2\N=C(SCC(=O)NC3CC3)N(c3ccc(Cl)c(OC)c3)C2=O)cc1. The van der Waals surface area contributed by atoms with Gasteiger partial charge in [-0.2, -0.15) is 0 Å². The molecule has 7 nitrogen and oxygen atoms in total. The van der Waals surface area contributed by atoms with Crippen LogP contribution in [0.1, 0.15) is 18.4 Å². The van der Waals surface area contributed by atoms with E-state index >= 15 is 0 Å². The Kier molecular flexibility index (Phi) is 6.72. The molecule has 0 saturated heterocycles. The van der Waals surface area contributed by atoms with E-state index in [9.17, 15) is 9.59 Å². The van der Waals surface area contributed by atoms with Gasteiger partial charge < -0.3 is 14.8 Å². The van der Waals surface area contributed by atoms with Crippen LogP contribution in [0.25, 0.3) is 6.08 Å². The van der Waals surface area contributed by atoms with Crippen molar-refractivity contribution in [2.24, 2.45) is 4.99 Å². The minimum Gasteiger partial charge on any atom is -0.497 e. The zero-order valence-electron chi connectivity index (χ0n) is 17.6. The van der Waals surface area contributed by atoms with Gasteiger partial charge in [-0.1, -0.05) is 35.5 Å². The van der Waals surface area contributed by atoms with Crippen molar-refractivity contribution >= 4 is 52.1 Å². The molecule has 0 spiro atoms. The van der Waals surface area contributed by atoms with Gasteiger partial charge in [0.25, 0.3) is 5.91 Å². The number of hydrogen-bond acceptors (Lipinski definition) is 6. The van der Waals surface area contributed by atoms with Crippen LogP contribution in [-0.4, -0.2) is 43.0 Å². The zero-order chi connectivity index (χ0) is 22.7. The summed E-state index contributed by atoms with van der Waals surface area (Å²) >= 11 is 7.37. The molecule has 0 bridgehead atoms. The number of aliphatic imine (C=N–C) groups is 1. The standard InChI is InChI=1S/C23H22ClN3O4S/c1-30-17-8-3-14(4-9-17)11-19-22(29)27(16-7-10-18(24)20(12-16)31-2)23(26-19)32-13-21(28)25-15-5-6-15/h3-4,7-12,15H,5-6,13H2,1-2H3,(H,25,28)/b19-11-. The Morgan fingerprint density at radius 2 is 1.97 bits per heavy atom. The van der Waals surface area contributed by atoms with Gasteiger partial charge in [-0.05, 0) is 48.7 Å². The lowest BCUT2D eigenvalue weighted by Crippen LogP contribution is -2.32. The number of halogens is 1. The molecule has 0 radical (unpaired) electrons. The summed E-state index contributed by atoms with van der Waals surface area (Å²) < 4.78 is 10.5. The van der Waals surface area contributed by atoms with Crippen molar-refractivity contribution in [1.29, 1.82) is 0 Å². The molecule has 4 rings (SSSR count). The van der Waals surface area contributed by atoms with Gasteiger partial charge >= 0.3 is 0 Å². The summed E-state index contributed by atoms with van der Waals surface area (Å²) in [5.41, 5.74) is 1.64. The third-order valence-corrected chi connectivity index (χ3v) is 6.17. The number of amides is 2. The number of carbonyl (C=O) groups excluding carboxylic acids is 2. The predicted molar refractivity (Wildman–Crippen MR) is 128 cm³/mol. The van der Waals surface area contributed by atoms with Gasteiger partial charge in [0, 0.05) is 12.1 Å². The highest BCUT2D eigenvalue weighted by atomic mass is 35.5. The summed E-state index contributed by atoms with van der Waals surface area (Å²) in [6.07, 6.45) is 3.74. The van der Waals surface area contributed by atoms with Crippen LogP contribution in [0.3, 0.4) is 0 Å². The molecule has 1 heterocycles. The van der Waals surface area contributed by atoms with Crippen molar-refractivity contribution in [2.45, 2.75) is 18.9 Å². The average molecular weight is 472 g/mol. The van der Waals surface area contributed by atoms with Gasteiger partial charge in [-0.25, -0.2) is 4.99 Å². The van der Waals surface area contributed by atoms with E-state index in [-0.39, 0.29) is 29.3 Å². The fraction of sp³-hybridized carbons (Fsp3) is 0.261. The summed E-state index contributed by atoms with van der Waals surface area (Å²) in [4.78, 5) is 31.5. The summed E-state index contributed by atoms with van der Waals surface area (Å²) in [6, 6.07) is 12.7. The van der Waals surface area contributed by atoms with Crippen LogP contribution in [0.2, 0.25) is 5.02 Å². The van der Waals surface area contributed by atoms with E-state index in [4.69, 9.17) is 21.1 Å². The Morgan fingerprint density at radius 1 is 1.22 bits per heavy atom. The minimum atomic E-state index is -0.296. The lowest BCUT2D eigenvalue weighted by molar-refractivity contribution is -0.118. The fourth-order valence-corrected chi connectivity index (χ4v) is 4.11. The molecule has 2 amide bonds. The zero-order valence-corrected chi connectivity index (χ0v) is 19.2. The highest BCUT2D eigenvalue weighted by Crippen LogP contribution is 2.34. The van der Waals surface area contributed by atoms with Crippen molar-refractivity contribution in [3.8, 4) is 11.5 Å². The van der Waals surface area contributed by atoms with Crippen LogP contribution < -0.4 is 19.7 Å². The lowest BCUT2D eigenvalue weighted by Gasteiger charge is -2.19. The molecule has 0 aromatic heterocycles. The van der Waals surface area contributed by atoms with E-state index in [2.05, 4.69) is 10.3 Å². The van der Waals surface area contributed by atoms with E-state index in [1.165, 1.54) is 23.8 Å². The molecule has 1 aliphatic heterocycles. The van der Waals surface area contributed by atoms with Crippen LogP contribution in [0.5, 0.6) is 11.5 Å². The van der Waals surface area contributed by atoms with E-state index in [1.54, 1.807) is 31.4 Å². The number of hydrogen-bond donors (Lipinski definition) is 1. The minimum absolute atomic E-state index is 0.0751. The molecule has 166 valence electrons. The number of thioether (sulfide) groups is 1. The second-order valence-corrected chi connectivity index (χ2v) is 8.64. The summed E-state index contributed by atoms with van der Waals surface area (Å²) in [6.45, 7) is 0. The number of nitrogens with zero attached hydrogens (tertiary/aromatic N) is 2.